The van der Waals surface area contributed by atoms with E-state index in [-0.39, 0.29) is 25.4 Å². The van der Waals surface area contributed by atoms with E-state index in [4.69, 9.17) is 43.6 Å². The molecular formula is C45H57NO8. The summed E-state index contributed by atoms with van der Waals surface area (Å²) >= 11 is 0. The molecule has 2 aliphatic heterocycles. The molecule has 0 amide bonds. The van der Waals surface area contributed by atoms with E-state index in [1.807, 2.05) is 135 Å². The Balaban J connectivity index is 1.28. The average molecular weight is 740 g/mol. The Labute approximate surface area is 321 Å². The van der Waals surface area contributed by atoms with Gasteiger partial charge in [0.05, 0.1) is 51.8 Å². The zero-order chi connectivity index (χ0) is 37.6. The van der Waals surface area contributed by atoms with Crippen molar-refractivity contribution in [3.8, 4) is 0 Å². The molecule has 2 aliphatic rings. The van der Waals surface area contributed by atoms with Gasteiger partial charge in [0.15, 0.2) is 12.1 Å². The van der Waals surface area contributed by atoms with Gasteiger partial charge in [0.25, 0.3) is 0 Å². The number of hydrogen-bond acceptors (Lipinski definition) is 9. The maximum atomic E-state index is 6.87. The molecule has 2 fully saturated rings. The predicted molar refractivity (Wildman–Crippen MR) is 207 cm³/mol. The van der Waals surface area contributed by atoms with Crippen molar-refractivity contribution in [2.24, 2.45) is 5.73 Å². The van der Waals surface area contributed by atoms with Crippen molar-refractivity contribution < 1.29 is 37.9 Å². The molecule has 2 heterocycles. The van der Waals surface area contributed by atoms with Crippen LogP contribution in [0.15, 0.2) is 121 Å². The fourth-order valence-electron chi connectivity index (χ4n) is 7.04. The third-order valence-corrected chi connectivity index (χ3v) is 9.78. The minimum Gasteiger partial charge on any atom is -0.374 e. The van der Waals surface area contributed by atoms with Crippen LogP contribution in [0.5, 0.6) is 0 Å². The van der Waals surface area contributed by atoms with Crippen molar-refractivity contribution in [3.63, 3.8) is 0 Å². The molecule has 54 heavy (non-hydrogen) atoms. The smallest absolute Gasteiger partial charge is 0.187 e. The van der Waals surface area contributed by atoms with Crippen LogP contribution in [-0.4, -0.2) is 68.0 Å². The van der Waals surface area contributed by atoms with E-state index < -0.39 is 42.5 Å². The average Bonchev–Trinajstić information content (AvgIpc) is 3.52. The first-order valence-corrected chi connectivity index (χ1v) is 19.3. The Morgan fingerprint density at radius 3 is 1.59 bits per heavy atom. The molecule has 0 bridgehead atoms. The fraction of sp³-hybridized carbons (Fsp3) is 0.467. The highest BCUT2D eigenvalue weighted by atomic mass is 16.8. The summed E-state index contributed by atoms with van der Waals surface area (Å²) in [5, 5.41) is 0. The largest absolute Gasteiger partial charge is 0.374 e. The van der Waals surface area contributed by atoms with E-state index >= 15 is 0 Å². The van der Waals surface area contributed by atoms with E-state index in [2.05, 4.69) is 6.92 Å². The topological polar surface area (TPSA) is 99.9 Å². The number of nitrogens with two attached hydrogens (primary N) is 1. The Kier molecular flexibility index (Phi) is 15.2. The second-order valence-electron chi connectivity index (χ2n) is 14.6. The highest BCUT2D eigenvalue weighted by Gasteiger charge is 2.50. The molecule has 9 nitrogen and oxygen atoms in total. The molecule has 4 aromatic rings. The normalized spacial score (nSPS) is 25.7. The summed E-state index contributed by atoms with van der Waals surface area (Å²) in [5.41, 5.74) is 11.0. The third kappa shape index (κ3) is 11.8. The van der Waals surface area contributed by atoms with E-state index in [0.29, 0.717) is 26.4 Å². The van der Waals surface area contributed by atoms with Crippen molar-refractivity contribution in [2.75, 3.05) is 13.2 Å². The highest BCUT2D eigenvalue weighted by molar-refractivity contribution is 5.16. The molecule has 290 valence electrons. The lowest BCUT2D eigenvalue weighted by Gasteiger charge is -2.46. The van der Waals surface area contributed by atoms with E-state index in [9.17, 15) is 0 Å². The Hall–Kier alpha value is -3.48. The van der Waals surface area contributed by atoms with Crippen LogP contribution in [0.4, 0.5) is 0 Å². The molecule has 0 radical (unpaired) electrons. The van der Waals surface area contributed by atoms with Crippen LogP contribution in [0, 0.1) is 0 Å². The lowest BCUT2D eigenvalue weighted by molar-refractivity contribution is -0.329. The highest BCUT2D eigenvalue weighted by Crippen LogP contribution is 2.34. The summed E-state index contributed by atoms with van der Waals surface area (Å²) in [6.45, 7) is 7.85. The van der Waals surface area contributed by atoms with Gasteiger partial charge in [-0.05, 0) is 42.5 Å². The molecule has 0 saturated carbocycles. The standard InChI is InChI=1S/C45H57NO8/c1-4-5-26-38-40(54-45(2,3)53-38)37(46)31-51-44-43(50-30-36-24-16-9-17-25-36)42(49-29-35-22-14-8-15-23-35)41(48-28-34-20-12-7-13-21-34)39(52-44)32-47-27-33-18-10-6-11-19-33/h6-25,37-44H,4-5,26-32,46H2,1-3H3/t37-,38?,39?,40-,41?,42?,43?,44?/m0/s1. The van der Waals surface area contributed by atoms with E-state index in [1.165, 1.54) is 0 Å². The molecule has 2 N–H and O–H groups in total. The summed E-state index contributed by atoms with van der Waals surface area (Å²) < 4.78 is 52.9. The maximum absolute atomic E-state index is 6.87. The molecule has 0 spiro atoms. The molecule has 6 unspecified atom stereocenters. The van der Waals surface area contributed by atoms with E-state index in [1.54, 1.807) is 0 Å². The van der Waals surface area contributed by atoms with Crippen molar-refractivity contribution >= 4 is 0 Å². The monoisotopic (exact) mass is 739 g/mol. The van der Waals surface area contributed by atoms with Gasteiger partial charge in [0, 0.05) is 0 Å². The number of benzene rings is 4. The number of hydrogen-bond donors (Lipinski definition) is 1. The van der Waals surface area contributed by atoms with Crippen molar-refractivity contribution in [3.05, 3.63) is 144 Å². The van der Waals surface area contributed by atoms with Gasteiger partial charge in [-0.1, -0.05) is 141 Å². The summed E-state index contributed by atoms with van der Waals surface area (Å²) in [6, 6.07) is 39.9. The fourth-order valence-corrected chi connectivity index (χ4v) is 7.04. The van der Waals surface area contributed by atoms with Crippen LogP contribution >= 0.6 is 0 Å². The van der Waals surface area contributed by atoms with Crippen molar-refractivity contribution in [2.45, 2.75) is 121 Å². The minimum atomic E-state index is -0.855. The summed E-state index contributed by atoms with van der Waals surface area (Å²) in [7, 11) is 0. The van der Waals surface area contributed by atoms with Crippen LogP contribution in [0.1, 0.15) is 62.3 Å². The predicted octanol–water partition coefficient (Wildman–Crippen LogP) is 7.74. The Bertz CT molecular complexity index is 1610. The molecule has 2 saturated heterocycles. The summed E-state index contributed by atoms with van der Waals surface area (Å²) in [5.74, 6) is -0.732. The van der Waals surface area contributed by atoms with Gasteiger partial charge in [0.1, 0.15) is 30.5 Å². The van der Waals surface area contributed by atoms with Crippen LogP contribution in [0.2, 0.25) is 0 Å². The van der Waals surface area contributed by atoms with Gasteiger partial charge in [-0.3, -0.25) is 0 Å². The lowest BCUT2D eigenvalue weighted by atomic mass is 9.97. The van der Waals surface area contributed by atoms with Gasteiger partial charge < -0.3 is 43.6 Å². The number of ether oxygens (including phenoxy) is 8. The molecule has 0 aliphatic carbocycles. The quantitative estimate of drug-likeness (QED) is 0.0976. The van der Waals surface area contributed by atoms with E-state index in [0.717, 1.165) is 41.5 Å². The zero-order valence-corrected chi connectivity index (χ0v) is 31.9. The molecule has 0 aromatic heterocycles. The first-order chi connectivity index (χ1) is 26.4. The molecular weight excluding hydrogens is 682 g/mol. The van der Waals surface area contributed by atoms with Crippen LogP contribution in [0.3, 0.4) is 0 Å². The van der Waals surface area contributed by atoms with Gasteiger partial charge in [-0.15, -0.1) is 0 Å². The lowest BCUT2D eigenvalue weighted by Crippen LogP contribution is -2.62. The minimum absolute atomic E-state index is 0.132. The van der Waals surface area contributed by atoms with Crippen LogP contribution in [-0.2, 0) is 64.3 Å². The van der Waals surface area contributed by atoms with Crippen molar-refractivity contribution in [1.29, 1.82) is 0 Å². The molecule has 4 aromatic carbocycles. The second-order valence-corrected chi connectivity index (χ2v) is 14.6. The molecule has 6 rings (SSSR count). The van der Waals surface area contributed by atoms with Gasteiger partial charge >= 0.3 is 0 Å². The summed E-state index contributed by atoms with van der Waals surface area (Å²) in [4.78, 5) is 0. The van der Waals surface area contributed by atoms with Gasteiger partial charge in [0.2, 0.25) is 0 Å². The SMILES string of the molecule is CCCCC1OC(C)(C)O[C@H]1[C@@H](N)COC1OC(COCc2ccccc2)C(OCc2ccccc2)C(OCc2ccccc2)C1OCc1ccccc1. The van der Waals surface area contributed by atoms with Crippen LogP contribution in [0.25, 0.3) is 0 Å². The number of rotatable bonds is 20. The van der Waals surface area contributed by atoms with Crippen LogP contribution < -0.4 is 5.73 Å². The Morgan fingerprint density at radius 2 is 1.07 bits per heavy atom. The van der Waals surface area contributed by atoms with Crippen molar-refractivity contribution in [1.82, 2.24) is 0 Å². The third-order valence-electron chi connectivity index (χ3n) is 9.78. The maximum Gasteiger partial charge on any atom is 0.187 e. The van der Waals surface area contributed by atoms with Gasteiger partial charge in [-0.2, -0.15) is 0 Å². The molecule has 9 heteroatoms. The second kappa shape index (κ2) is 20.4. The number of unbranched alkanes of at least 4 members (excludes halogenated alkanes) is 1. The summed E-state index contributed by atoms with van der Waals surface area (Å²) in [6.07, 6.45) is -0.789. The Morgan fingerprint density at radius 1 is 0.593 bits per heavy atom. The zero-order valence-electron chi connectivity index (χ0n) is 31.9. The van der Waals surface area contributed by atoms with Gasteiger partial charge in [-0.25, -0.2) is 0 Å². The first kappa shape index (κ1) is 40.2. The first-order valence-electron chi connectivity index (χ1n) is 19.3. The molecule has 8 atom stereocenters.